The van der Waals surface area contributed by atoms with Gasteiger partial charge in [0.25, 0.3) is 5.91 Å². The molecule has 0 bridgehead atoms. The van der Waals surface area contributed by atoms with Crippen molar-refractivity contribution in [1.29, 1.82) is 0 Å². The second-order valence-corrected chi connectivity index (χ2v) is 10.0. The van der Waals surface area contributed by atoms with Gasteiger partial charge >= 0.3 is 24.9 Å². The van der Waals surface area contributed by atoms with E-state index in [1.807, 2.05) is 0 Å². The second kappa shape index (κ2) is 12.6. The predicted octanol–water partition coefficient (Wildman–Crippen LogP) is 5.41. The number of alkyl halides is 6. The van der Waals surface area contributed by atoms with Crippen LogP contribution in [0.5, 0.6) is 11.8 Å². The van der Waals surface area contributed by atoms with Crippen molar-refractivity contribution in [3.8, 4) is 11.8 Å². The lowest BCUT2D eigenvalue weighted by Crippen LogP contribution is -2.52. The average molecular weight is 619 g/mol. The van der Waals surface area contributed by atoms with E-state index in [-0.39, 0.29) is 30.8 Å². The first kappa shape index (κ1) is 32.0. The van der Waals surface area contributed by atoms with Gasteiger partial charge in [-0.2, -0.15) is 0 Å². The van der Waals surface area contributed by atoms with Crippen LogP contribution in [0.25, 0.3) is 0 Å². The van der Waals surface area contributed by atoms with Gasteiger partial charge in [-0.15, -0.1) is 31.4 Å². The zero-order chi connectivity index (χ0) is 30.6. The largest absolute Gasteiger partial charge is 0.573 e. The first-order chi connectivity index (χ1) is 18.9. The molecule has 0 unspecified atom stereocenters. The van der Waals surface area contributed by atoms with Crippen molar-refractivity contribution >= 4 is 23.6 Å². The fraction of sp³-hybridized carbons (Fsp3) is 0.565. The van der Waals surface area contributed by atoms with Gasteiger partial charge in [0.15, 0.2) is 0 Å². The molecule has 1 aliphatic rings. The summed E-state index contributed by atoms with van der Waals surface area (Å²) >= 11 is 5.83. The number of ether oxygens (including phenoxy) is 4. The molecular formula is C23H25ClF6N4O7. The molecule has 1 aromatic heterocycles. The number of nitrogens with zero attached hydrogens (tertiary/aromatic N) is 3. The van der Waals surface area contributed by atoms with Crippen LogP contribution < -0.4 is 14.8 Å². The lowest BCUT2D eigenvalue weighted by Gasteiger charge is -2.38. The van der Waals surface area contributed by atoms with Crippen molar-refractivity contribution < 1.29 is 59.3 Å². The molecule has 1 aliphatic heterocycles. The van der Waals surface area contributed by atoms with E-state index in [0.717, 1.165) is 18.2 Å². The topological polar surface area (TPSA) is 125 Å². The third-order valence-corrected chi connectivity index (χ3v) is 5.54. The minimum atomic E-state index is -4.97. The Morgan fingerprint density at radius 1 is 1.07 bits per heavy atom. The number of rotatable bonds is 8. The van der Waals surface area contributed by atoms with Crippen molar-refractivity contribution in [1.82, 2.24) is 20.4 Å². The van der Waals surface area contributed by atoms with Gasteiger partial charge in [-0.05, 0) is 51.8 Å². The molecule has 1 aromatic carbocycles. The summed E-state index contributed by atoms with van der Waals surface area (Å²) in [5, 5.41) is 9.70. The number of carbonyl (C=O) groups excluding carboxylic acids is 2. The zero-order valence-corrected chi connectivity index (χ0v) is 22.5. The number of carbonyl (C=O) groups is 2. The Morgan fingerprint density at radius 3 is 2.39 bits per heavy atom. The van der Waals surface area contributed by atoms with Gasteiger partial charge < -0.3 is 23.9 Å². The van der Waals surface area contributed by atoms with Crippen LogP contribution in [-0.4, -0.2) is 71.2 Å². The van der Waals surface area contributed by atoms with Crippen molar-refractivity contribution in [3.05, 3.63) is 34.7 Å². The third kappa shape index (κ3) is 10.1. The van der Waals surface area contributed by atoms with Gasteiger partial charge in [0.1, 0.15) is 24.0 Å². The van der Waals surface area contributed by atoms with Crippen molar-refractivity contribution in [2.75, 3.05) is 19.8 Å². The SMILES string of the molecule is CC(C)(C)OC(=O)N1C[C@@H](NC(=O)c2ccc(OC(F)(F)F)c(Cl)c2)CC[C@@H]1c1nnc(OCCOC(F)(F)F)o1. The van der Waals surface area contributed by atoms with E-state index >= 15 is 0 Å². The van der Waals surface area contributed by atoms with Crippen molar-refractivity contribution in [2.45, 2.75) is 64.0 Å². The molecule has 2 amide bonds. The molecule has 41 heavy (non-hydrogen) atoms. The Balaban J connectivity index is 1.69. The van der Waals surface area contributed by atoms with E-state index in [1.54, 1.807) is 20.8 Å². The standard InChI is InChI=1S/C23H25ClF6N4O7/c1-21(2,3)41-20(36)34-11-13(31-17(35)12-4-7-16(14(24)10-12)40-23(28,29)30)5-6-15(34)18-32-33-19(39-18)37-8-9-38-22(25,26)27/h4,7,10,13,15H,5-6,8-9,11H2,1-3H3,(H,31,35)/t13-,15+/m0/s1. The Kier molecular flexibility index (Phi) is 9.84. The highest BCUT2D eigenvalue weighted by Gasteiger charge is 2.39. The summed E-state index contributed by atoms with van der Waals surface area (Å²) < 4.78 is 97.0. The molecule has 2 aromatic rings. The maximum absolute atomic E-state index is 13.0. The summed E-state index contributed by atoms with van der Waals surface area (Å²) in [6.45, 7) is 3.47. The molecule has 2 atom stereocenters. The summed E-state index contributed by atoms with van der Waals surface area (Å²) in [4.78, 5) is 27.1. The van der Waals surface area contributed by atoms with Crippen LogP contribution in [0.15, 0.2) is 22.6 Å². The molecule has 11 nitrogen and oxygen atoms in total. The number of hydrogen-bond donors (Lipinski definition) is 1. The minimum Gasteiger partial charge on any atom is -0.447 e. The normalized spacial score (nSPS) is 18.1. The summed E-state index contributed by atoms with van der Waals surface area (Å²) in [5.41, 5.74) is -0.945. The number of benzene rings is 1. The highest BCUT2D eigenvalue weighted by atomic mass is 35.5. The molecule has 1 fully saturated rings. The third-order valence-electron chi connectivity index (χ3n) is 5.25. The summed E-state index contributed by atoms with van der Waals surface area (Å²) in [6, 6.07) is 1.55. The number of aromatic nitrogens is 2. The van der Waals surface area contributed by atoms with Gasteiger partial charge in [0.05, 0.1) is 11.6 Å². The molecular weight excluding hydrogens is 594 g/mol. The molecule has 228 valence electrons. The number of amides is 2. The minimum absolute atomic E-state index is 0.0522. The number of nitrogens with one attached hydrogen (secondary N) is 1. The van der Waals surface area contributed by atoms with Crippen LogP contribution in [-0.2, 0) is 9.47 Å². The first-order valence-electron chi connectivity index (χ1n) is 11.9. The fourth-order valence-electron chi connectivity index (χ4n) is 3.69. The Morgan fingerprint density at radius 2 is 1.78 bits per heavy atom. The fourth-order valence-corrected chi connectivity index (χ4v) is 3.90. The molecule has 0 radical (unpaired) electrons. The van der Waals surface area contributed by atoms with Gasteiger partial charge in [-0.25, -0.2) is 4.79 Å². The number of likely N-dealkylation sites (tertiary alicyclic amines) is 1. The van der Waals surface area contributed by atoms with Crippen LogP contribution >= 0.6 is 11.6 Å². The van der Waals surface area contributed by atoms with E-state index in [2.05, 4.69) is 25.0 Å². The monoisotopic (exact) mass is 618 g/mol. The smallest absolute Gasteiger partial charge is 0.447 e. The Bertz CT molecular complexity index is 1220. The average Bonchev–Trinajstić information content (AvgIpc) is 3.29. The summed E-state index contributed by atoms with van der Waals surface area (Å²) in [5.74, 6) is -1.44. The molecule has 3 rings (SSSR count). The van der Waals surface area contributed by atoms with Gasteiger partial charge in [0, 0.05) is 18.2 Å². The Labute approximate surface area is 234 Å². The van der Waals surface area contributed by atoms with Gasteiger partial charge in [0.2, 0.25) is 5.89 Å². The predicted molar refractivity (Wildman–Crippen MR) is 126 cm³/mol. The summed E-state index contributed by atoms with van der Waals surface area (Å²) in [7, 11) is 0. The first-order valence-corrected chi connectivity index (χ1v) is 12.3. The van der Waals surface area contributed by atoms with Crippen LogP contribution in [0.1, 0.15) is 55.9 Å². The van der Waals surface area contributed by atoms with Crippen LogP contribution in [0.3, 0.4) is 0 Å². The molecule has 0 aliphatic carbocycles. The summed E-state index contributed by atoms with van der Waals surface area (Å²) in [6.07, 6.45) is -10.6. The van der Waals surface area contributed by atoms with E-state index < -0.39 is 72.5 Å². The number of halogens is 7. The highest BCUT2D eigenvalue weighted by molar-refractivity contribution is 6.32. The van der Waals surface area contributed by atoms with Gasteiger partial charge in [-0.1, -0.05) is 16.7 Å². The highest BCUT2D eigenvalue weighted by Crippen LogP contribution is 2.34. The Hall–Kier alpha value is -3.47. The lowest BCUT2D eigenvalue weighted by molar-refractivity contribution is -0.325. The van der Waals surface area contributed by atoms with Crippen LogP contribution in [0, 0.1) is 0 Å². The maximum atomic E-state index is 13.0. The second-order valence-electron chi connectivity index (χ2n) is 9.64. The van der Waals surface area contributed by atoms with Crippen molar-refractivity contribution in [2.24, 2.45) is 0 Å². The van der Waals surface area contributed by atoms with E-state index in [9.17, 15) is 35.9 Å². The van der Waals surface area contributed by atoms with Gasteiger partial charge in [-0.3, -0.25) is 14.4 Å². The molecule has 1 saturated heterocycles. The van der Waals surface area contributed by atoms with E-state index in [0.29, 0.717) is 0 Å². The van der Waals surface area contributed by atoms with E-state index in [4.69, 9.17) is 25.5 Å². The molecule has 1 N–H and O–H groups in total. The van der Waals surface area contributed by atoms with Crippen molar-refractivity contribution in [3.63, 3.8) is 0 Å². The number of piperidine rings is 1. The maximum Gasteiger partial charge on any atom is 0.573 e. The molecule has 0 saturated carbocycles. The van der Waals surface area contributed by atoms with Crippen LogP contribution in [0.4, 0.5) is 31.1 Å². The lowest BCUT2D eigenvalue weighted by atomic mass is 9.98. The van der Waals surface area contributed by atoms with E-state index in [1.165, 1.54) is 4.90 Å². The zero-order valence-electron chi connectivity index (χ0n) is 21.8. The molecule has 0 spiro atoms. The quantitative estimate of drug-likeness (QED) is 0.305. The van der Waals surface area contributed by atoms with Crippen LogP contribution in [0.2, 0.25) is 5.02 Å². The molecule has 18 heteroatoms. The molecule has 2 heterocycles. The number of hydrogen-bond acceptors (Lipinski definition) is 9.